The Morgan fingerprint density at radius 3 is 2.43 bits per heavy atom. The first-order valence-corrected chi connectivity index (χ1v) is 5.71. The molecule has 1 atom stereocenters. The van der Waals surface area contributed by atoms with Crippen molar-refractivity contribution in [2.24, 2.45) is 0 Å². The molecule has 0 aromatic carbocycles. The lowest BCUT2D eigenvalue weighted by molar-refractivity contribution is -0.149. The maximum absolute atomic E-state index is 10.7. The molecule has 0 aromatic heterocycles. The van der Waals surface area contributed by atoms with E-state index in [-0.39, 0.29) is 6.61 Å². The molecular formula is C7H14O6S. The van der Waals surface area contributed by atoms with Gasteiger partial charge < -0.3 is 9.84 Å². The van der Waals surface area contributed by atoms with Crippen LogP contribution in [0.2, 0.25) is 0 Å². The first-order valence-electron chi connectivity index (χ1n) is 4.20. The van der Waals surface area contributed by atoms with E-state index in [0.29, 0.717) is 6.42 Å². The van der Waals surface area contributed by atoms with E-state index < -0.39 is 21.5 Å². The maximum atomic E-state index is 10.7. The van der Waals surface area contributed by atoms with Crippen LogP contribution in [0.15, 0.2) is 0 Å². The Morgan fingerprint density at radius 1 is 1.43 bits per heavy atom. The van der Waals surface area contributed by atoms with Crippen molar-refractivity contribution in [2.45, 2.75) is 31.6 Å². The van der Waals surface area contributed by atoms with E-state index in [1.165, 1.54) is 0 Å². The van der Waals surface area contributed by atoms with Gasteiger partial charge in [-0.3, -0.25) is 4.55 Å². The third-order valence-electron chi connectivity index (χ3n) is 1.48. The minimum Gasteiger partial charge on any atom is -0.463 e. The molecule has 0 heterocycles. The van der Waals surface area contributed by atoms with Crippen LogP contribution in [-0.4, -0.2) is 36.1 Å². The summed E-state index contributed by atoms with van der Waals surface area (Å²) < 4.78 is 33.2. The van der Waals surface area contributed by atoms with E-state index in [1.807, 2.05) is 6.92 Å². The average Bonchev–Trinajstić information content (AvgIpc) is 2.09. The van der Waals surface area contributed by atoms with E-state index in [4.69, 9.17) is 9.66 Å². The summed E-state index contributed by atoms with van der Waals surface area (Å²) in [5.74, 6) is -1.34. The number of carbonyl (C=O) groups is 1. The Kier molecular flexibility index (Phi) is 5.66. The summed E-state index contributed by atoms with van der Waals surface area (Å²) in [5.41, 5.74) is -2.50. The summed E-state index contributed by atoms with van der Waals surface area (Å²) in [6.07, 6.45) is 2.37. The summed E-state index contributed by atoms with van der Waals surface area (Å²) >= 11 is 0. The Hall–Kier alpha value is -0.660. The van der Waals surface area contributed by atoms with Gasteiger partial charge in [0.1, 0.15) is 0 Å². The molecule has 2 N–H and O–H groups in total. The fourth-order valence-corrected chi connectivity index (χ4v) is 1.03. The van der Waals surface area contributed by atoms with Gasteiger partial charge in [-0.25, -0.2) is 4.79 Å². The molecule has 0 radical (unpaired) electrons. The van der Waals surface area contributed by atoms with Crippen LogP contribution >= 0.6 is 0 Å². The van der Waals surface area contributed by atoms with Crippen LogP contribution in [0, 0.1) is 0 Å². The Labute approximate surface area is 82.6 Å². The first kappa shape index (κ1) is 13.3. The number of ether oxygens (including phenoxy) is 1. The van der Waals surface area contributed by atoms with Gasteiger partial charge in [0.2, 0.25) is 0 Å². The third kappa shape index (κ3) is 5.15. The fourth-order valence-electron chi connectivity index (χ4n) is 0.718. The number of rotatable bonds is 6. The molecule has 84 valence electrons. The number of unbranched alkanes of at least 4 members (excludes halogenated alkanes) is 2. The van der Waals surface area contributed by atoms with Crippen LogP contribution in [0.3, 0.4) is 0 Å². The first-order chi connectivity index (χ1) is 6.39. The highest BCUT2D eigenvalue weighted by Crippen LogP contribution is 2.00. The van der Waals surface area contributed by atoms with Gasteiger partial charge in [-0.1, -0.05) is 19.8 Å². The highest BCUT2D eigenvalue weighted by Gasteiger charge is 2.29. The monoisotopic (exact) mass is 226 g/mol. The average molecular weight is 226 g/mol. The topological polar surface area (TPSA) is 101 Å². The smallest absolute Gasteiger partial charge is 0.353 e. The molecule has 0 aliphatic rings. The molecule has 1 unspecified atom stereocenters. The number of hydrogen-bond donors (Lipinski definition) is 2. The van der Waals surface area contributed by atoms with Gasteiger partial charge in [-0.15, -0.1) is 0 Å². The van der Waals surface area contributed by atoms with E-state index >= 15 is 0 Å². The van der Waals surface area contributed by atoms with Gasteiger partial charge in [0, 0.05) is 0 Å². The van der Waals surface area contributed by atoms with Crippen LogP contribution < -0.4 is 0 Å². The highest BCUT2D eigenvalue weighted by atomic mass is 32.2. The molecule has 0 rings (SSSR count). The fraction of sp³-hybridized carbons (Fsp3) is 0.857. The molecule has 7 heteroatoms. The molecule has 0 fully saturated rings. The second-order valence-corrected chi connectivity index (χ2v) is 4.22. The summed E-state index contributed by atoms with van der Waals surface area (Å²) in [5, 5.41) is 8.70. The molecule has 0 saturated heterocycles. The predicted molar refractivity (Wildman–Crippen MR) is 48.0 cm³/mol. The van der Waals surface area contributed by atoms with Crippen LogP contribution in [0.25, 0.3) is 0 Å². The van der Waals surface area contributed by atoms with Crippen LogP contribution in [0.4, 0.5) is 0 Å². The van der Waals surface area contributed by atoms with Crippen molar-refractivity contribution in [1.82, 2.24) is 0 Å². The van der Waals surface area contributed by atoms with Gasteiger partial charge in [-0.2, -0.15) is 8.42 Å². The van der Waals surface area contributed by atoms with Crippen molar-refractivity contribution < 1.29 is 27.6 Å². The van der Waals surface area contributed by atoms with Gasteiger partial charge in [0.25, 0.3) is 5.44 Å². The molecule has 0 spiro atoms. The molecule has 0 aliphatic heterocycles. The van der Waals surface area contributed by atoms with E-state index in [1.54, 1.807) is 0 Å². The summed E-state index contributed by atoms with van der Waals surface area (Å²) in [6.45, 7) is 1.99. The summed E-state index contributed by atoms with van der Waals surface area (Å²) in [7, 11) is -4.76. The quantitative estimate of drug-likeness (QED) is 0.373. The molecule has 0 bridgehead atoms. The zero-order valence-corrected chi connectivity index (χ0v) is 8.66. The van der Waals surface area contributed by atoms with Crippen molar-refractivity contribution in [3.8, 4) is 0 Å². The molecule has 0 saturated carbocycles. The second kappa shape index (κ2) is 5.94. The lowest BCUT2D eigenvalue weighted by atomic mass is 10.3. The third-order valence-corrected chi connectivity index (χ3v) is 2.23. The van der Waals surface area contributed by atoms with Crippen LogP contribution in [0.1, 0.15) is 26.2 Å². The number of aliphatic hydroxyl groups excluding tert-OH is 1. The molecule has 6 nitrogen and oxygen atoms in total. The Morgan fingerprint density at radius 2 is 2.00 bits per heavy atom. The number of hydrogen-bond acceptors (Lipinski definition) is 5. The molecule has 14 heavy (non-hydrogen) atoms. The number of esters is 1. The minimum atomic E-state index is -4.76. The molecular weight excluding hydrogens is 212 g/mol. The van der Waals surface area contributed by atoms with Crippen molar-refractivity contribution >= 4 is 16.1 Å². The van der Waals surface area contributed by atoms with E-state index in [9.17, 15) is 13.2 Å². The summed E-state index contributed by atoms with van der Waals surface area (Å²) in [4.78, 5) is 10.7. The Bertz CT molecular complexity index is 270. The lowest BCUT2D eigenvalue weighted by Crippen LogP contribution is -2.31. The van der Waals surface area contributed by atoms with Crippen molar-refractivity contribution in [3.63, 3.8) is 0 Å². The number of carbonyl (C=O) groups excluding carboxylic acids is 1. The van der Waals surface area contributed by atoms with Gasteiger partial charge in [0.05, 0.1) is 6.61 Å². The predicted octanol–water partition coefficient (Wildman–Crippen LogP) is -0.0740. The molecule has 0 aliphatic carbocycles. The normalized spacial score (nSPS) is 13.6. The lowest BCUT2D eigenvalue weighted by Gasteiger charge is -2.07. The van der Waals surface area contributed by atoms with E-state index in [2.05, 4.69) is 4.74 Å². The van der Waals surface area contributed by atoms with Crippen molar-refractivity contribution in [2.75, 3.05) is 6.61 Å². The molecule has 0 amide bonds. The van der Waals surface area contributed by atoms with Crippen molar-refractivity contribution in [3.05, 3.63) is 0 Å². The maximum Gasteiger partial charge on any atom is 0.353 e. The van der Waals surface area contributed by atoms with Crippen molar-refractivity contribution in [1.29, 1.82) is 0 Å². The zero-order valence-electron chi connectivity index (χ0n) is 7.84. The van der Waals surface area contributed by atoms with Gasteiger partial charge in [0.15, 0.2) is 0 Å². The zero-order chi connectivity index (χ0) is 11.2. The van der Waals surface area contributed by atoms with Gasteiger partial charge >= 0.3 is 16.1 Å². The summed E-state index contributed by atoms with van der Waals surface area (Å²) in [6, 6.07) is 0. The Balaban J connectivity index is 3.86. The van der Waals surface area contributed by atoms with Crippen LogP contribution in [0.5, 0.6) is 0 Å². The van der Waals surface area contributed by atoms with Gasteiger partial charge in [-0.05, 0) is 6.42 Å². The van der Waals surface area contributed by atoms with Crippen LogP contribution in [-0.2, 0) is 19.6 Å². The highest BCUT2D eigenvalue weighted by molar-refractivity contribution is 7.87. The number of aliphatic hydroxyl groups is 1. The molecule has 0 aromatic rings. The standard InChI is InChI=1S/C7H14O6S/c1-2-3-4-5-13-6(8)7(9)14(10,11)12/h7,9H,2-5H2,1H3,(H,10,11,12). The van der Waals surface area contributed by atoms with E-state index in [0.717, 1.165) is 12.8 Å². The minimum absolute atomic E-state index is 0.0409. The largest absolute Gasteiger partial charge is 0.463 e. The SMILES string of the molecule is CCCCCOC(=O)C(O)S(=O)(=O)O. The second-order valence-electron chi connectivity index (χ2n) is 2.74.